The summed E-state index contributed by atoms with van der Waals surface area (Å²) in [6.45, 7) is 10.7. The van der Waals surface area contributed by atoms with Crippen molar-refractivity contribution in [3.8, 4) is 0 Å². The van der Waals surface area contributed by atoms with Crippen molar-refractivity contribution < 1.29 is 5.11 Å². The third-order valence-corrected chi connectivity index (χ3v) is 5.21. The fourth-order valence-corrected chi connectivity index (χ4v) is 3.65. The molecule has 1 heterocycles. The molecule has 1 aliphatic carbocycles. The van der Waals surface area contributed by atoms with Crippen LogP contribution in [0.3, 0.4) is 0 Å². The first-order valence-electron chi connectivity index (χ1n) is 8.09. The van der Waals surface area contributed by atoms with Crippen LogP contribution in [0.5, 0.6) is 0 Å². The van der Waals surface area contributed by atoms with Gasteiger partial charge in [0.25, 0.3) is 0 Å². The second kappa shape index (κ2) is 6.11. The summed E-state index contributed by atoms with van der Waals surface area (Å²) in [5, 5.41) is 13.4. The third kappa shape index (κ3) is 3.93. The van der Waals surface area contributed by atoms with Gasteiger partial charge in [-0.15, -0.1) is 0 Å². The average molecular weight is 268 g/mol. The highest BCUT2D eigenvalue weighted by atomic mass is 16.3. The summed E-state index contributed by atoms with van der Waals surface area (Å²) >= 11 is 0. The van der Waals surface area contributed by atoms with Gasteiger partial charge in [0.1, 0.15) is 0 Å². The van der Waals surface area contributed by atoms with Gasteiger partial charge in [-0.2, -0.15) is 0 Å². The van der Waals surface area contributed by atoms with Crippen molar-refractivity contribution in [2.45, 2.75) is 83.5 Å². The van der Waals surface area contributed by atoms with Crippen molar-refractivity contribution in [3.05, 3.63) is 0 Å². The Morgan fingerprint density at radius 1 is 1.32 bits per heavy atom. The van der Waals surface area contributed by atoms with E-state index >= 15 is 0 Å². The number of aliphatic hydroxyl groups is 1. The Morgan fingerprint density at radius 2 is 2.00 bits per heavy atom. The molecule has 19 heavy (non-hydrogen) atoms. The van der Waals surface area contributed by atoms with E-state index in [0.29, 0.717) is 18.1 Å². The van der Waals surface area contributed by atoms with Crippen LogP contribution in [-0.4, -0.2) is 46.8 Å². The number of aliphatic hydroxyl groups excluding tert-OH is 1. The summed E-state index contributed by atoms with van der Waals surface area (Å²) < 4.78 is 0. The number of rotatable bonds is 6. The molecule has 1 saturated carbocycles. The van der Waals surface area contributed by atoms with Crippen LogP contribution in [0.1, 0.15) is 59.8 Å². The molecule has 2 rings (SSSR count). The van der Waals surface area contributed by atoms with Gasteiger partial charge < -0.3 is 10.4 Å². The zero-order valence-electron chi connectivity index (χ0n) is 13.2. The lowest BCUT2D eigenvalue weighted by atomic mass is 9.87. The molecule has 0 aromatic carbocycles. The molecule has 2 N–H and O–H groups in total. The number of hydrogen-bond acceptors (Lipinski definition) is 3. The fraction of sp³-hybridized carbons (Fsp3) is 1.00. The monoisotopic (exact) mass is 268 g/mol. The Bertz CT molecular complexity index is 292. The third-order valence-electron chi connectivity index (χ3n) is 5.21. The smallest absolute Gasteiger partial charge is 0.0611 e. The quantitative estimate of drug-likeness (QED) is 0.776. The van der Waals surface area contributed by atoms with Crippen molar-refractivity contribution in [2.24, 2.45) is 5.92 Å². The molecule has 3 nitrogen and oxygen atoms in total. The standard InChI is InChI=1S/C16H32N2O/c1-12-6-5-9-18(14(12)3)13(2)10-16(4,11-19)17-15-7-8-15/h12-15,17,19H,5-11H2,1-4H3. The molecule has 4 atom stereocenters. The van der Waals surface area contributed by atoms with Crippen molar-refractivity contribution in [1.82, 2.24) is 10.2 Å². The van der Waals surface area contributed by atoms with E-state index in [0.717, 1.165) is 12.3 Å². The summed E-state index contributed by atoms with van der Waals surface area (Å²) in [7, 11) is 0. The first-order valence-corrected chi connectivity index (χ1v) is 8.09. The van der Waals surface area contributed by atoms with Gasteiger partial charge >= 0.3 is 0 Å². The van der Waals surface area contributed by atoms with Crippen LogP contribution in [-0.2, 0) is 0 Å². The van der Waals surface area contributed by atoms with Crippen LogP contribution in [0.2, 0.25) is 0 Å². The fourth-order valence-electron chi connectivity index (χ4n) is 3.65. The number of nitrogens with one attached hydrogen (secondary N) is 1. The zero-order chi connectivity index (χ0) is 14.0. The van der Waals surface area contributed by atoms with E-state index in [-0.39, 0.29) is 12.1 Å². The van der Waals surface area contributed by atoms with Crippen LogP contribution in [0.4, 0.5) is 0 Å². The molecule has 3 heteroatoms. The Morgan fingerprint density at radius 3 is 2.58 bits per heavy atom. The van der Waals surface area contributed by atoms with Crippen LogP contribution in [0.25, 0.3) is 0 Å². The largest absolute Gasteiger partial charge is 0.394 e. The van der Waals surface area contributed by atoms with Gasteiger partial charge in [-0.05, 0) is 65.3 Å². The lowest BCUT2D eigenvalue weighted by Gasteiger charge is -2.44. The molecule has 0 spiro atoms. The predicted octanol–water partition coefficient (Wildman–Crippen LogP) is 2.39. The number of nitrogens with zero attached hydrogens (tertiary/aromatic N) is 1. The zero-order valence-corrected chi connectivity index (χ0v) is 13.2. The summed E-state index contributed by atoms with van der Waals surface area (Å²) in [6, 6.07) is 1.87. The molecule has 0 aromatic heterocycles. The van der Waals surface area contributed by atoms with Crippen molar-refractivity contribution in [3.63, 3.8) is 0 Å². The lowest BCUT2D eigenvalue weighted by Crippen LogP contribution is -2.54. The maximum absolute atomic E-state index is 9.75. The van der Waals surface area contributed by atoms with Gasteiger partial charge in [-0.25, -0.2) is 0 Å². The molecule has 1 saturated heterocycles. The van der Waals surface area contributed by atoms with E-state index in [2.05, 4.69) is 37.9 Å². The van der Waals surface area contributed by atoms with E-state index in [9.17, 15) is 5.11 Å². The molecule has 1 aliphatic heterocycles. The highest BCUT2D eigenvalue weighted by Gasteiger charge is 2.36. The van der Waals surface area contributed by atoms with Gasteiger partial charge in [-0.1, -0.05) is 6.92 Å². The SMILES string of the molecule is CC1CCCN(C(C)CC(C)(CO)NC2CC2)C1C. The Balaban J connectivity index is 1.92. The van der Waals surface area contributed by atoms with E-state index < -0.39 is 0 Å². The molecular formula is C16H32N2O. The summed E-state index contributed by atoms with van der Waals surface area (Å²) in [5.41, 5.74) is -0.110. The first-order chi connectivity index (χ1) is 8.95. The molecule has 4 unspecified atom stereocenters. The highest BCUT2D eigenvalue weighted by molar-refractivity contribution is 4.95. The van der Waals surface area contributed by atoms with Crippen molar-refractivity contribution >= 4 is 0 Å². The predicted molar refractivity (Wildman–Crippen MR) is 80.3 cm³/mol. The van der Waals surface area contributed by atoms with Crippen LogP contribution in [0, 0.1) is 5.92 Å². The maximum atomic E-state index is 9.75. The van der Waals surface area contributed by atoms with E-state index in [1.54, 1.807) is 0 Å². The molecule has 0 bridgehead atoms. The number of likely N-dealkylation sites (tertiary alicyclic amines) is 1. The first kappa shape index (κ1) is 15.3. The lowest BCUT2D eigenvalue weighted by molar-refractivity contribution is 0.0471. The molecule has 2 aliphatic rings. The van der Waals surface area contributed by atoms with Crippen LogP contribution >= 0.6 is 0 Å². The van der Waals surface area contributed by atoms with E-state index in [1.165, 1.54) is 32.2 Å². The summed E-state index contributed by atoms with van der Waals surface area (Å²) in [6.07, 6.45) is 6.28. The van der Waals surface area contributed by atoms with Crippen molar-refractivity contribution in [2.75, 3.05) is 13.2 Å². The molecule has 0 radical (unpaired) electrons. The normalized spacial score (nSPS) is 33.9. The van der Waals surface area contributed by atoms with Gasteiger partial charge in [0.05, 0.1) is 6.61 Å². The van der Waals surface area contributed by atoms with E-state index in [4.69, 9.17) is 0 Å². The molecule has 112 valence electrons. The van der Waals surface area contributed by atoms with E-state index in [1.807, 2.05) is 0 Å². The minimum absolute atomic E-state index is 0.110. The van der Waals surface area contributed by atoms with Crippen LogP contribution < -0.4 is 5.32 Å². The molecule has 2 fully saturated rings. The van der Waals surface area contributed by atoms with Gasteiger partial charge in [0, 0.05) is 23.7 Å². The summed E-state index contributed by atoms with van der Waals surface area (Å²) in [4.78, 5) is 2.65. The van der Waals surface area contributed by atoms with Gasteiger partial charge in [0.2, 0.25) is 0 Å². The Hall–Kier alpha value is -0.120. The molecule has 0 amide bonds. The summed E-state index contributed by atoms with van der Waals surface area (Å²) in [5.74, 6) is 0.799. The van der Waals surface area contributed by atoms with Crippen molar-refractivity contribution in [1.29, 1.82) is 0 Å². The highest BCUT2D eigenvalue weighted by Crippen LogP contribution is 2.29. The minimum atomic E-state index is -0.110. The number of hydrogen-bond donors (Lipinski definition) is 2. The van der Waals surface area contributed by atoms with Gasteiger partial charge in [0.15, 0.2) is 0 Å². The van der Waals surface area contributed by atoms with Crippen LogP contribution in [0.15, 0.2) is 0 Å². The molecule has 0 aromatic rings. The number of piperidine rings is 1. The molecular weight excluding hydrogens is 236 g/mol. The van der Waals surface area contributed by atoms with Gasteiger partial charge in [-0.3, -0.25) is 4.90 Å². The minimum Gasteiger partial charge on any atom is -0.394 e. The Kier molecular flexibility index (Phi) is 4.91. The topological polar surface area (TPSA) is 35.5 Å². The maximum Gasteiger partial charge on any atom is 0.0611 e. The second-order valence-corrected chi connectivity index (χ2v) is 7.29. The Labute approximate surface area is 118 Å². The average Bonchev–Trinajstić information content (AvgIpc) is 3.16. The second-order valence-electron chi connectivity index (χ2n) is 7.29.